The van der Waals surface area contributed by atoms with Gasteiger partial charge >= 0.3 is 0 Å². The lowest BCUT2D eigenvalue weighted by Gasteiger charge is -2.14. The summed E-state index contributed by atoms with van der Waals surface area (Å²) >= 11 is 0. The fraction of sp³-hybridized carbons (Fsp3) is 0.250. The monoisotopic (exact) mass is 353 g/mol. The Bertz CT molecular complexity index is 890. The Kier molecular flexibility index (Phi) is 5.41. The van der Waals surface area contributed by atoms with Gasteiger partial charge in [-0.1, -0.05) is 41.6 Å². The van der Waals surface area contributed by atoms with Crippen LogP contribution in [0.5, 0.6) is 0 Å². The molecule has 0 unspecified atom stereocenters. The van der Waals surface area contributed by atoms with Crippen LogP contribution in [0.4, 0.5) is 4.39 Å². The third-order valence-corrected chi connectivity index (χ3v) is 4.19. The van der Waals surface area contributed by atoms with Crippen LogP contribution in [0.15, 0.2) is 53.1 Å². The quantitative estimate of drug-likeness (QED) is 0.677. The maximum Gasteiger partial charge on any atom is 0.246 e. The molecule has 0 N–H and O–H groups in total. The number of carbonyl (C=O) groups excluding carboxylic acids is 1. The van der Waals surface area contributed by atoms with Gasteiger partial charge in [-0.15, -0.1) is 0 Å². The van der Waals surface area contributed by atoms with E-state index in [2.05, 4.69) is 10.1 Å². The van der Waals surface area contributed by atoms with Gasteiger partial charge in [0.2, 0.25) is 17.6 Å². The number of amides is 1. The van der Waals surface area contributed by atoms with E-state index in [1.165, 1.54) is 12.1 Å². The van der Waals surface area contributed by atoms with E-state index in [-0.39, 0.29) is 18.3 Å². The molecule has 0 bridgehead atoms. The average molecular weight is 353 g/mol. The van der Waals surface area contributed by atoms with Crippen molar-refractivity contribution in [2.24, 2.45) is 0 Å². The van der Waals surface area contributed by atoms with Crippen molar-refractivity contribution < 1.29 is 13.7 Å². The number of rotatable bonds is 6. The van der Waals surface area contributed by atoms with Gasteiger partial charge in [-0.2, -0.15) is 4.98 Å². The van der Waals surface area contributed by atoms with Crippen LogP contribution in [0.2, 0.25) is 0 Å². The molecule has 0 aliphatic carbocycles. The van der Waals surface area contributed by atoms with Crippen LogP contribution in [0.25, 0.3) is 11.4 Å². The van der Waals surface area contributed by atoms with Gasteiger partial charge in [0.1, 0.15) is 5.82 Å². The molecule has 134 valence electrons. The van der Waals surface area contributed by atoms with Gasteiger partial charge < -0.3 is 9.42 Å². The molecule has 0 aliphatic heterocycles. The van der Waals surface area contributed by atoms with Crippen molar-refractivity contribution in [3.8, 4) is 11.4 Å². The van der Waals surface area contributed by atoms with Crippen LogP contribution in [0.3, 0.4) is 0 Å². The molecule has 26 heavy (non-hydrogen) atoms. The third-order valence-electron chi connectivity index (χ3n) is 4.19. The zero-order chi connectivity index (χ0) is 18.5. The number of aromatic nitrogens is 2. The number of hydrogen-bond acceptors (Lipinski definition) is 4. The number of hydrogen-bond donors (Lipinski definition) is 0. The maximum atomic E-state index is 12.9. The number of halogens is 1. The fourth-order valence-corrected chi connectivity index (χ4v) is 2.64. The van der Waals surface area contributed by atoms with Crippen molar-refractivity contribution >= 4 is 5.91 Å². The molecular formula is C20H20FN3O2. The Morgan fingerprint density at radius 1 is 1.15 bits per heavy atom. The summed E-state index contributed by atoms with van der Waals surface area (Å²) in [7, 11) is 1.70. The van der Waals surface area contributed by atoms with E-state index in [0.717, 1.165) is 16.7 Å². The summed E-state index contributed by atoms with van der Waals surface area (Å²) in [5, 5.41) is 4.00. The highest BCUT2D eigenvalue weighted by atomic mass is 19.1. The second kappa shape index (κ2) is 7.91. The second-order valence-corrected chi connectivity index (χ2v) is 6.20. The normalized spacial score (nSPS) is 10.7. The number of carbonyl (C=O) groups is 1. The molecule has 0 fully saturated rings. The van der Waals surface area contributed by atoms with Gasteiger partial charge in [0, 0.05) is 19.0 Å². The Morgan fingerprint density at radius 3 is 2.62 bits per heavy atom. The van der Waals surface area contributed by atoms with Crippen LogP contribution < -0.4 is 0 Å². The molecule has 1 amide bonds. The molecule has 3 rings (SSSR count). The highest BCUT2D eigenvalue weighted by Crippen LogP contribution is 2.20. The van der Waals surface area contributed by atoms with E-state index in [1.807, 2.05) is 31.2 Å². The lowest BCUT2D eigenvalue weighted by molar-refractivity contribution is -0.130. The minimum absolute atomic E-state index is 0.0371. The van der Waals surface area contributed by atoms with E-state index in [0.29, 0.717) is 24.6 Å². The lowest BCUT2D eigenvalue weighted by atomic mass is 10.1. The predicted molar refractivity (Wildman–Crippen MR) is 95.7 cm³/mol. The van der Waals surface area contributed by atoms with Crippen LogP contribution >= 0.6 is 0 Å². The van der Waals surface area contributed by atoms with E-state index < -0.39 is 0 Å². The molecule has 1 heterocycles. The zero-order valence-corrected chi connectivity index (χ0v) is 14.8. The molecule has 0 atom stereocenters. The van der Waals surface area contributed by atoms with Gasteiger partial charge in [-0.3, -0.25) is 4.79 Å². The Morgan fingerprint density at radius 2 is 1.88 bits per heavy atom. The van der Waals surface area contributed by atoms with E-state index in [1.54, 1.807) is 24.1 Å². The lowest BCUT2D eigenvalue weighted by Crippen LogP contribution is -2.26. The summed E-state index contributed by atoms with van der Waals surface area (Å²) in [5.41, 5.74) is 2.89. The van der Waals surface area contributed by atoms with Crippen molar-refractivity contribution in [2.75, 3.05) is 7.05 Å². The summed E-state index contributed by atoms with van der Waals surface area (Å²) in [6, 6.07) is 14.0. The molecule has 0 spiro atoms. The SMILES string of the molecule is Cc1ccccc1-c1noc(CN(C)C(=O)CCc2ccc(F)cc2)n1. The summed E-state index contributed by atoms with van der Waals surface area (Å²) in [6.45, 7) is 2.23. The topological polar surface area (TPSA) is 59.2 Å². The van der Waals surface area contributed by atoms with Gasteiger partial charge in [0.15, 0.2) is 0 Å². The smallest absolute Gasteiger partial charge is 0.246 e. The predicted octanol–water partition coefficient (Wildman–Crippen LogP) is 3.78. The first-order valence-electron chi connectivity index (χ1n) is 8.40. The molecule has 0 radical (unpaired) electrons. The molecule has 0 aliphatic rings. The number of nitrogens with zero attached hydrogens (tertiary/aromatic N) is 3. The van der Waals surface area contributed by atoms with E-state index in [9.17, 15) is 9.18 Å². The highest BCUT2D eigenvalue weighted by molar-refractivity contribution is 5.76. The van der Waals surface area contributed by atoms with Crippen molar-refractivity contribution in [1.29, 1.82) is 0 Å². The molecule has 2 aromatic carbocycles. The summed E-state index contributed by atoms with van der Waals surface area (Å²) in [6.07, 6.45) is 0.892. The standard InChI is InChI=1S/C20H20FN3O2/c1-14-5-3-4-6-17(14)20-22-18(26-23-20)13-24(2)19(25)12-9-15-7-10-16(21)11-8-15/h3-8,10-11H,9,12-13H2,1-2H3. The Balaban J connectivity index is 1.57. The van der Waals surface area contributed by atoms with Gasteiger partial charge in [-0.25, -0.2) is 4.39 Å². The Labute approximate surface area is 151 Å². The third kappa shape index (κ3) is 4.33. The Hall–Kier alpha value is -3.02. The minimum atomic E-state index is -0.280. The molecule has 6 heteroatoms. The largest absolute Gasteiger partial charge is 0.337 e. The van der Waals surface area contributed by atoms with Crippen molar-refractivity contribution in [1.82, 2.24) is 15.0 Å². The first-order chi connectivity index (χ1) is 12.5. The number of benzene rings is 2. The number of aryl methyl sites for hydroxylation is 2. The van der Waals surface area contributed by atoms with Crippen LogP contribution in [-0.4, -0.2) is 28.0 Å². The summed E-state index contributed by atoms with van der Waals surface area (Å²) < 4.78 is 18.2. The molecule has 5 nitrogen and oxygen atoms in total. The van der Waals surface area contributed by atoms with Crippen molar-refractivity contribution in [3.63, 3.8) is 0 Å². The first-order valence-corrected chi connectivity index (χ1v) is 8.40. The van der Waals surface area contributed by atoms with Gasteiger partial charge in [0.05, 0.1) is 6.54 Å². The maximum absolute atomic E-state index is 12.9. The second-order valence-electron chi connectivity index (χ2n) is 6.20. The van der Waals surface area contributed by atoms with Crippen molar-refractivity contribution in [2.45, 2.75) is 26.3 Å². The molecular weight excluding hydrogens is 333 g/mol. The average Bonchev–Trinajstić information content (AvgIpc) is 3.09. The van der Waals surface area contributed by atoms with Gasteiger partial charge in [0.25, 0.3) is 0 Å². The molecule has 0 saturated carbocycles. The van der Waals surface area contributed by atoms with Crippen LogP contribution in [0.1, 0.15) is 23.4 Å². The van der Waals surface area contributed by atoms with E-state index >= 15 is 0 Å². The molecule has 3 aromatic rings. The van der Waals surface area contributed by atoms with Crippen LogP contribution in [-0.2, 0) is 17.8 Å². The van der Waals surface area contributed by atoms with Crippen molar-refractivity contribution in [3.05, 3.63) is 71.4 Å². The zero-order valence-electron chi connectivity index (χ0n) is 14.8. The van der Waals surface area contributed by atoms with Crippen LogP contribution in [0, 0.1) is 12.7 Å². The highest BCUT2D eigenvalue weighted by Gasteiger charge is 2.15. The first kappa shape index (κ1) is 17.8. The minimum Gasteiger partial charge on any atom is -0.337 e. The molecule has 0 saturated heterocycles. The van der Waals surface area contributed by atoms with E-state index in [4.69, 9.17) is 4.52 Å². The van der Waals surface area contributed by atoms with Gasteiger partial charge in [-0.05, 0) is 36.6 Å². The summed E-state index contributed by atoms with van der Waals surface area (Å²) in [4.78, 5) is 18.2. The molecule has 1 aromatic heterocycles. The summed E-state index contributed by atoms with van der Waals surface area (Å²) in [5.74, 6) is 0.592. The fourth-order valence-electron chi connectivity index (χ4n) is 2.64.